The largest absolute Gasteiger partial charge is 0.477 e. The third-order valence-corrected chi connectivity index (χ3v) is 5.94. The number of carboxylic acids is 1. The number of fused-ring (bicyclic) bond motifs is 1. The number of β-lactam (4-membered cyclic amide) rings is 1. The number of amides is 2. The monoisotopic (exact) mass is 470 g/mol. The molecule has 0 bridgehead atoms. The van der Waals surface area contributed by atoms with Crippen molar-refractivity contribution in [1.82, 2.24) is 10.2 Å². The van der Waals surface area contributed by atoms with Crippen LogP contribution in [-0.4, -0.2) is 52.9 Å². The fraction of sp³-hybridized carbons (Fsp3) is 0.462. The van der Waals surface area contributed by atoms with E-state index in [9.17, 15) is 27.9 Å². The predicted octanol–water partition coefficient (Wildman–Crippen LogP) is 0.784. The number of nitrogens with zero attached hydrogens (tertiary/aromatic N) is 1. The first-order valence-corrected chi connectivity index (χ1v) is 10.2. The van der Waals surface area contributed by atoms with E-state index in [1.165, 1.54) is 20.0 Å². The Balaban J connectivity index is 2.20. The van der Waals surface area contributed by atoms with Crippen molar-refractivity contribution in [2.75, 3.05) is 0 Å². The molecule has 0 aromatic heterocycles. The number of nitrogens with one attached hydrogen (secondary N) is 1. The topological polar surface area (TPSA) is 150 Å². The van der Waals surface area contributed by atoms with Gasteiger partial charge in [0.05, 0.1) is 21.9 Å². The molecule has 144 valence electrons. The summed E-state index contributed by atoms with van der Waals surface area (Å²) in [6.07, 6.45) is 0.375. The average molecular weight is 471 g/mol. The van der Waals surface area contributed by atoms with Crippen molar-refractivity contribution in [1.29, 1.82) is 0 Å². The highest BCUT2D eigenvalue weighted by Crippen LogP contribution is 2.49. The molecule has 0 unspecified atom stereocenters. The van der Waals surface area contributed by atoms with Crippen LogP contribution in [0.3, 0.4) is 0 Å². The first-order valence-electron chi connectivity index (χ1n) is 7.18. The van der Waals surface area contributed by atoms with Gasteiger partial charge in [-0.15, -0.1) is 0 Å². The lowest BCUT2D eigenvalue weighted by atomic mass is 9.83. The zero-order chi connectivity index (χ0) is 19.8. The van der Waals surface area contributed by atoms with Gasteiger partial charge in [-0.1, -0.05) is 11.8 Å². The maximum absolute atomic E-state index is 12.3. The summed E-state index contributed by atoms with van der Waals surface area (Å²) in [6.45, 7) is 2.62. The van der Waals surface area contributed by atoms with Crippen LogP contribution in [0.4, 0.5) is 0 Å². The quantitative estimate of drug-likeness (QED) is 0.362. The lowest BCUT2D eigenvalue weighted by molar-refractivity contribution is -0.160. The molecule has 3 atom stereocenters. The van der Waals surface area contributed by atoms with E-state index >= 15 is 0 Å². The average Bonchev–Trinajstić information content (AvgIpc) is 2.77. The third-order valence-electron chi connectivity index (χ3n) is 3.76. The molecule has 1 saturated heterocycles. The second-order valence-corrected chi connectivity index (χ2v) is 9.13. The molecule has 10 nitrogen and oxygen atoms in total. The number of carboxylic acid groups (broad SMARTS) is 1. The van der Waals surface area contributed by atoms with Crippen molar-refractivity contribution >= 4 is 55.9 Å². The molecule has 0 aromatic rings. The maximum atomic E-state index is 12.3. The van der Waals surface area contributed by atoms with E-state index in [-0.39, 0.29) is 18.0 Å². The minimum absolute atomic E-state index is 0.172. The Kier molecular flexibility index (Phi) is 6.17. The molecule has 1 fully saturated rings. The van der Waals surface area contributed by atoms with Gasteiger partial charge >= 0.3 is 16.4 Å². The second kappa shape index (κ2) is 7.68. The molecule has 0 spiro atoms. The fourth-order valence-corrected chi connectivity index (χ4v) is 4.96. The summed E-state index contributed by atoms with van der Waals surface area (Å²) in [6, 6.07) is -0.589. The van der Waals surface area contributed by atoms with Crippen LogP contribution in [-0.2, 0) is 29.0 Å². The van der Waals surface area contributed by atoms with E-state index in [1.807, 2.05) is 0 Å². The molecule has 13 heteroatoms. The Hall–Kier alpha value is -1.41. The number of halogens is 1. The molecule has 3 N–H and O–H groups in total. The number of thioether (sulfide) groups is 1. The number of hydrogen-bond acceptors (Lipinski definition) is 7. The van der Waals surface area contributed by atoms with E-state index in [0.29, 0.717) is 8.72 Å². The molecule has 2 rings (SSSR count). The van der Waals surface area contributed by atoms with Crippen molar-refractivity contribution in [3.8, 4) is 0 Å². The zero-order valence-electron chi connectivity index (χ0n) is 13.5. The molecular formula is C13H15BrN2O8S2. The summed E-state index contributed by atoms with van der Waals surface area (Å²) in [5.74, 6) is -3.11. The van der Waals surface area contributed by atoms with Crippen molar-refractivity contribution in [2.45, 2.75) is 32.4 Å². The van der Waals surface area contributed by atoms with Crippen molar-refractivity contribution in [2.24, 2.45) is 5.92 Å². The molecule has 2 aliphatic rings. The lowest BCUT2D eigenvalue weighted by Crippen LogP contribution is -2.62. The number of carbonyl (C=O) groups is 3. The summed E-state index contributed by atoms with van der Waals surface area (Å²) in [7, 11) is -4.74. The Bertz CT molecular complexity index is 822. The normalized spacial score (nSPS) is 24.2. The van der Waals surface area contributed by atoms with Gasteiger partial charge in [0.25, 0.3) is 0 Å². The van der Waals surface area contributed by atoms with Crippen LogP contribution < -0.4 is 5.32 Å². The van der Waals surface area contributed by atoms with Crippen LogP contribution in [0.1, 0.15) is 20.3 Å². The van der Waals surface area contributed by atoms with Crippen molar-refractivity contribution in [3.63, 3.8) is 0 Å². The molecule has 0 radical (unpaired) electrons. The van der Waals surface area contributed by atoms with Gasteiger partial charge in [-0.3, -0.25) is 14.1 Å². The standard InChI is InChI=1S/C13H15BrN2O8S2/c1-5(24-26(21,22)23)10-7-3-8(25-9(14)4-15-6(2)17)11(13(19)20)16(7)12(10)18/h4-5,7,10H,3H2,1-2H3,(H,15,17)(H,19,20)(H,21,22,23)/t5-,7+,10-/m0/s1. The minimum Gasteiger partial charge on any atom is -0.477 e. The predicted molar refractivity (Wildman–Crippen MR) is 93.9 cm³/mol. The number of rotatable bonds is 7. The van der Waals surface area contributed by atoms with Crippen LogP contribution in [0, 0.1) is 5.92 Å². The molecule has 0 aromatic carbocycles. The van der Waals surface area contributed by atoms with E-state index in [2.05, 4.69) is 25.4 Å². The highest BCUT2D eigenvalue weighted by Gasteiger charge is 2.57. The van der Waals surface area contributed by atoms with Crippen LogP contribution in [0.2, 0.25) is 0 Å². The van der Waals surface area contributed by atoms with Gasteiger partial charge in [-0.05, 0) is 22.9 Å². The maximum Gasteiger partial charge on any atom is 0.397 e. The van der Waals surface area contributed by atoms with Gasteiger partial charge < -0.3 is 15.3 Å². The van der Waals surface area contributed by atoms with Gasteiger partial charge in [0.1, 0.15) is 5.70 Å². The summed E-state index contributed by atoms with van der Waals surface area (Å²) < 4.78 is 35.3. The van der Waals surface area contributed by atoms with Crippen molar-refractivity contribution in [3.05, 3.63) is 20.6 Å². The highest BCUT2D eigenvalue weighted by molar-refractivity contribution is 9.14. The molecule has 2 heterocycles. The minimum atomic E-state index is -4.74. The van der Waals surface area contributed by atoms with Crippen LogP contribution >= 0.6 is 27.7 Å². The van der Waals surface area contributed by atoms with Crippen LogP contribution in [0.5, 0.6) is 0 Å². The first kappa shape index (κ1) is 20.9. The van der Waals surface area contributed by atoms with Gasteiger partial charge in [-0.25, -0.2) is 8.98 Å². The lowest BCUT2D eigenvalue weighted by Gasteiger charge is -2.45. The Morgan fingerprint density at radius 1 is 1.50 bits per heavy atom. The van der Waals surface area contributed by atoms with Gasteiger partial charge in [0.15, 0.2) is 0 Å². The van der Waals surface area contributed by atoms with Gasteiger partial charge in [-0.2, -0.15) is 8.42 Å². The highest BCUT2D eigenvalue weighted by atomic mass is 79.9. The summed E-state index contributed by atoms with van der Waals surface area (Å²) in [4.78, 5) is 36.2. The van der Waals surface area contributed by atoms with Crippen LogP contribution in [0.15, 0.2) is 20.6 Å². The summed E-state index contributed by atoms with van der Waals surface area (Å²) in [5.41, 5.74) is -0.200. The van der Waals surface area contributed by atoms with E-state index in [0.717, 1.165) is 16.7 Å². The van der Waals surface area contributed by atoms with Gasteiger partial charge in [0, 0.05) is 24.4 Å². The number of aliphatic carboxylic acids is 1. The van der Waals surface area contributed by atoms with Crippen molar-refractivity contribution < 1.29 is 36.6 Å². The zero-order valence-corrected chi connectivity index (χ0v) is 16.7. The van der Waals surface area contributed by atoms with Gasteiger partial charge in [0.2, 0.25) is 11.8 Å². The molecule has 0 saturated carbocycles. The Labute approximate surface area is 161 Å². The molecule has 2 aliphatic heterocycles. The molecule has 2 amide bonds. The third kappa shape index (κ3) is 4.46. The molecule has 26 heavy (non-hydrogen) atoms. The smallest absolute Gasteiger partial charge is 0.397 e. The SMILES string of the molecule is CC(=O)NC=C(Br)SC1=C(C(=O)O)N2C(=O)[C@@H]([C@H](C)OS(=O)(=O)O)[C@H]2C1. The van der Waals surface area contributed by atoms with Crippen LogP contribution in [0.25, 0.3) is 0 Å². The fourth-order valence-electron chi connectivity index (χ4n) is 2.87. The Morgan fingerprint density at radius 3 is 2.62 bits per heavy atom. The Morgan fingerprint density at radius 2 is 2.12 bits per heavy atom. The first-order chi connectivity index (χ1) is 11.9. The summed E-state index contributed by atoms with van der Waals surface area (Å²) in [5, 5.41) is 11.9. The van der Waals surface area contributed by atoms with E-state index < -0.39 is 40.3 Å². The number of hydrogen-bond donors (Lipinski definition) is 3. The number of carbonyl (C=O) groups excluding carboxylic acids is 2. The summed E-state index contributed by atoms with van der Waals surface area (Å²) >= 11 is 4.22. The second-order valence-electron chi connectivity index (χ2n) is 5.56. The van der Waals surface area contributed by atoms with E-state index in [4.69, 9.17) is 4.55 Å². The molecular weight excluding hydrogens is 456 g/mol. The molecule has 0 aliphatic carbocycles. The van der Waals surface area contributed by atoms with E-state index in [1.54, 1.807) is 0 Å².